The summed E-state index contributed by atoms with van der Waals surface area (Å²) in [5.41, 5.74) is 1.33. The van der Waals surface area contributed by atoms with Crippen molar-refractivity contribution in [1.29, 1.82) is 0 Å². The molecule has 2 aromatic heterocycles. The normalized spacial score (nSPS) is 10.4. The van der Waals surface area contributed by atoms with Crippen LogP contribution in [0, 0.1) is 5.21 Å². The van der Waals surface area contributed by atoms with Crippen LogP contribution in [0.5, 0.6) is 0 Å². The van der Waals surface area contributed by atoms with E-state index in [1.807, 2.05) is 0 Å². The predicted octanol–water partition coefficient (Wildman–Crippen LogP) is 0.196. The van der Waals surface area contributed by atoms with Gasteiger partial charge in [-0.3, -0.25) is 5.10 Å². The molecule has 50 valence electrons. The Bertz CT molecular complexity index is 355. The molecule has 1 N–H and O–H groups in total. The third-order valence-electron chi connectivity index (χ3n) is 1.37. The largest absolute Gasteiger partial charge is 0.618 e. The van der Waals surface area contributed by atoms with Crippen LogP contribution in [-0.4, -0.2) is 10.2 Å². The number of aromatic amines is 1. The van der Waals surface area contributed by atoms with Gasteiger partial charge in [0, 0.05) is 6.07 Å². The molecule has 0 bridgehead atoms. The Morgan fingerprint density at radius 3 is 3.30 bits per heavy atom. The summed E-state index contributed by atoms with van der Waals surface area (Å²) in [4.78, 5) is 0. The van der Waals surface area contributed by atoms with Gasteiger partial charge in [0.15, 0.2) is 6.20 Å². The van der Waals surface area contributed by atoms with E-state index < -0.39 is 0 Å². The number of fused-ring (bicyclic) bond motifs is 1. The maximum absolute atomic E-state index is 10.9. The van der Waals surface area contributed by atoms with Crippen molar-refractivity contribution in [3.63, 3.8) is 0 Å². The summed E-state index contributed by atoms with van der Waals surface area (Å²) < 4.78 is 0.777. The zero-order chi connectivity index (χ0) is 6.97. The topological polar surface area (TPSA) is 55.6 Å². The first-order chi connectivity index (χ1) is 4.88. The molecule has 0 unspecified atom stereocenters. The summed E-state index contributed by atoms with van der Waals surface area (Å²) in [5.74, 6) is 0. The summed E-state index contributed by atoms with van der Waals surface area (Å²) in [6.07, 6.45) is 2.94. The van der Waals surface area contributed by atoms with E-state index in [4.69, 9.17) is 0 Å². The van der Waals surface area contributed by atoms with Crippen molar-refractivity contribution in [1.82, 2.24) is 10.2 Å². The quantitative estimate of drug-likeness (QED) is 0.414. The van der Waals surface area contributed by atoms with Crippen molar-refractivity contribution in [2.24, 2.45) is 0 Å². The minimum absolute atomic E-state index is 0.572. The molecule has 0 aliphatic rings. The molecule has 4 heteroatoms. The first kappa shape index (κ1) is 5.22. The minimum Gasteiger partial charge on any atom is -0.618 e. The van der Waals surface area contributed by atoms with Crippen molar-refractivity contribution in [3.8, 4) is 0 Å². The molecule has 0 atom stereocenters. The Labute approximate surface area is 56.7 Å². The minimum atomic E-state index is 0.572. The fourth-order valence-electron chi connectivity index (χ4n) is 0.886. The van der Waals surface area contributed by atoms with Crippen LogP contribution in [0.2, 0.25) is 0 Å². The summed E-state index contributed by atoms with van der Waals surface area (Å²) in [6, 6.07) is 3.48. The predicted molar refractivity (Wildman–Crippen MR) is 35.1 cm³/mol. The Morgan fingerprint density at radius 2 is 2.50 bits per heavy atom. The molecule has 0 aliphatic carbocycles. The number of nitrogens with zero attached hydrogens (tertiary/aromatic N) is 2. The van der Waals surface area contributed by atoms with E-state index in [1.54, 1.807) is 12.1 Å². The van der Waals surface area contributed by atoms with Gasteiger partial charge in [-0.25, -0.2) is 0 Å². The van der Waals surface area contributed by atoms with Gasteiger partial charge in [-0.2, -0.15) is 9.83 Å². The fraction of sp³-hybridized carbons (Fsp3) is 0. The van der Waals surface area contributed by atoms with Crippen molar-refractivity contribution in [2.75, 3.05) is 0 Å². The number of hydrogen-bond donors (Lipinski definition) is 1. The van der Waals surface area contributed by atoms with Crippen LogP contribution in [0.25, 0.3) is 11.0 Å². The third kappa shape index (κ3) is 0.556. The van der Waals surface area contributed by atoms with Gasteiger partial charge >= 0.3 is 0 Å². The molecule has 0 aromatic carbocycles. The maximum atomic E-state index is 10.9. The smallest absolute Gasteiger partial charge is 0.261 e. The van der Waals surface area contributed by atoms with E-state index in [1.165, 1.54) is 12.4 Å². The van der Waals surface area contributed by atoms with Crippen LogP contribution in [-0.2, 0) is 0 Å². The second-order valence-electron chi connectivity index (χ2n) is 2.00. The number of nitrogens with one attached hydrogen (secondary N) is 1. The number of H-pyrrole nitrogens is 1. The van der Waals surface area contributed by atoms with E-state index in [0.717, 1.165) is 10.2 Å². The number of hydrogen-bond acceptors (Lipinski definition) is 2. The third-order valence-corrected chi connectivity index (χ3v) is 1.37. The summed E-state index contributed by atoms with van der Waals surface area (Å²) >= 11 is 0. The van der Waals surface area contributed by atoms with Gasteiger partial charge in [0.1, 0.15) is 11.7 Å². The highest BCUT2D eigenvalue weighted by Crippen LogP contribution is 2.01. The monoisotopic (exact) mass is 135 g/mol. The Morgan fingerprint density at radius 1 is 1.60 bits per heavy atom. The molecule has 4 nitrogen and oxygen atoms in total. The molecule has 2 rings (SSSR count). The van der Waals surface area contributed by atoms with E-state index in [9.17, 15) is 5.21 Å². The average Bonchev–Trinajstić information content (AvgIpc) is 2.36. The summed E-state index contributed by atoms with van der Waals surface area (Å²) in [5, 5.41) is 17.3. The molecule has 0 radical (unpaired) electrons. The molecule has 2 heterocycles. The SMILES string of the molecule is [O-][n+]1cccc2[nH]ncc21. The van der Waals surface area contributed by atoms with Gasteiger partial charge in [-0.1, -0.05) is 0 Å². The number of rotatable bonds is 0. The summed E-state index contributed by atoms with van der Waals surface area (Å²) in [6.45, 7) is 0. The summed E-state index contributed by atoms with van der Waals surface area (Å²) in [7, 11) is 0. The lowest BCUT2D eigenvalue weighted by Gasteiger charge is -1.92. The van der Waals surface area contributed by atoms with E-state index >= 15 is 0 Å². The lowest BCUT2D eigenvalue weighted by molar-refractivity contribution is -0.577. The van der Waals surface area contributed by atoms with Gasteiger partial charge in [0.2, 0.25) is 0 Å². The molecular weight excluding hydrogens is 130 g/mol. The van der Waals surface area contributed by atoms with Crippen molar-refractivity contribution in [3.05, 3.63) is 29.7 Å². The zero-order valence-electron chi connectivity index (χ0n) is 5.11. The van der Waals surface area contributed by atoms with E-state index in [0.29, 0.717) is 5.52 Å². The highest BCUT2D eigenvalue weighted by atomic mass is 16.5. The van der Waals surface area contributed by atoms with Crippen molar-refractivity contribution in [2.45, 2.75) is 0 Å². The van der Waals surface area contributed by atoms with Gasteiger partial charge in [-0.05, 0) is 6.07 Å². The highest BCUT2D eigenvalue weighted by molar-refractivity contribution is 5.68. The standard InChI is InChI=1S/C6H5N3O/c10-9-3-1-2-5-6(9)4-7-8-5/h1-4H,(H,7,8). The molecule has 2 aromatic rings. The lowest BCUT2D eigenvalue weighted by atomic mass is 10.4. The number of pyridine rings is 1. The average molecular weight is 135 g/mol. The van der Waals surface area contributed by atoms with Crippen LogP contribution in [0.3, 0.4) is 0 Å². The van der Waals surface area contributed by atoms with Gasteiger partial charge in [-0.15, -0.1) is 0 Å². The molecule has 0 spiro atoms. The van der Waals surface area contributed by atoms with E-state index in [-0.39, 0.29) is 0 Å². The van der Waals surface area contributed by atoms with E-state index in [2.05, 4.69) is 10.2 Å². The molecule has 0 saturated carbocycles. The van der Waals surface area contributed by atoms with Crippen LogP contribution < -0.4 is 4.73 Å². The second kappa shape index (κ2) is 1.70. The van der Waals surface area contributed by atoms with Crippen LogP contribution in [0.15, 0.2) is 24.5 Å². The Kier molecular flexibility index (Phi) is 0.887. The van der Waals surface area contributed by atoms with Crippen molar-refractivity contribution >= 4 is 11.0 Å². The molecule has 0 amide bonds. The van der Waals surface area contributed by atoms with Gasteiger partial charge in [0.05, 0.1) is 0 Å². The second-order valence-corrected chi connectivity index (χ2v) is 2.00. The molecular formula is C6H5N3O. The molecule has 0 saturated heterocycles. The maximum Gasteiger partial charge on any atom is 0.261 e. The van der Waals surface area contributed by atoms with Gasteiger partial charge < -0.3 is 5.21 Å². The van der Waals surface area contributed by atoms with Crippen molar-refractivity contribution < 1.29 is 4.73 Å². The number of aromatic nitrogens is 3. The Balaban J connectivity index is 2.95. The first-order valence-electron chi connectivity index (χ1n) is 2.89. The first-order valence-corrected chi connectivity index (χ1v) is 2.89. The molecule has 10 heavy (non-hydrogen) atoms. The molecule has 0 fully saturated rings. The van der Waals surface area contributed by atoms with Gasteiger partial charge in [0.25, 0.3) is 5.52 Å². The van der Waals surface area contributed by atoms with Crippen LogP contribution in [0.1, 0.15) is 0 Å². The highest BCUT2D eigenvalue weighted by Gasteiger charge is 2.01. The zero-order valence-corrected chi connectivity index (χ0v) is 5.11. The van der Waals surface area contributed by atoms with Crippen LogP contribution >= 0.6 is 0 Å². The lowest BCUT2D eigenvalue weighted by Crippen LogP contribution is -2.24. The fourth-order valence-corrected chi connectivity index (χ4v) is 0.886. The molecule has 0 aliphatic heterocycles. The van der Waals surface area contributed by atoms with Crippen LogP contribution in [0.4, 0.5) is 0 Å². The Hall–Kier alpha value is -1.58.